The van der Waals surface area contributed by atoms with Crippen LogP contribution in [0.3, 0.4) is 0 Å². The SMILES string of the molecule is CC(=O)Oc1ccc(N2C(=O)CC(N(Cc3ccc4c(c3)OCO4)C(C)=O)C2=O)cc1. The number of amides is 3. The van der Waals surface area contributed by atoms with E-state index in [0.717, 1.165) is 10.5 Å². The number of carbonyl (C=O) groups is 4. The molecular weight excluding hydrogens is 404 g/mol. The Morgan fingerprint density at radius 2 is 1.77 bits per heavy atom. The maximum Gasteiger partial charge on any atom is 0.308 e. The van der Waals surface area contributed by atoms with Gasteiger partial charge in [-0.25, -0.2) is 4.90 Å². The van der Waals surface area contributed by atoms with E-state index in [1.54, 1.807) is 18.2 Å². The minimum Gasteiger partial charge on any atom is -0.454 e. The van der Waals surface area contributed by atoms with Crippen molar-refractivity contribution in [1.82, 2.24) is 4.90 Å². The van der Waals surface area contributed by atoms with Gasteiger partial charge in [0.1, 0.15) is 11.8 Å². The Hall–Kier alpha value is -3.88. The van der Waals surface area contributed by atoms with E-state index in [1.807, 2.05) is 0 Å². The second kappa shape index (κ2) is 8.10. The molecular formula is C22H20N2O7. The van der Waals surface area contributed by atoms with Gasteiger partial charge in [0.15, 0.2) is 11.5 Å². The highest BCUT2D eigenvalue weighted by Crippen LogP contribution is 2.34. The van der Waals surface area contributed by atoms with E-state index in [0.29, 0.717) is 22.9 Å². The van der Waals surface area contributed by atoms with Crippen LogP contribution in [-0.2, 0) is 25.7 Å². The first-order chi connectivity index (χ1) is 14.8. The molecule has 2 aromatic carbocycles. The molecule has 0 bridgehead atoms. The number of nitrogens with zero attached hydrogens (tertiary/aromatic N) is 2. The molecule has 9 nitrogen and oxygen atoms in total. The minimum atomic E-state index is -0.913. The van der Waals surface area contributed by atoms with Crippen LogP contribution in [0.5, 0.6) is 17.2 Å². The lowest BCUT2D eigenvalue weighted by molar-refractivity contribution is -0.137. The molecule has 4 rings (SSSR count). The van der Waals surface area contributed by atoms with Gasteiger partial charge in [0.2, 0.25) is 18.6 Å². The van der Waals surface area contributed by atoms with Crippen molar-refractivity contribution in [2.75, 3.05) is 11.7 Å². The lowest BCUT2D eigenvalue weighted by Crippen LogP contribution is -2.44. The molecule has 2 aromatic rings. The molecule has 2 heterocycles. The molecule has 31 heavy (non-hydrogen) atoms. The number of benzene rings is 2. The van der Waals surface area contributed by atoms with E-state index in [4.69, 9.17) is 14.2 Å². The first kappa shape index (κ1) is 20.4. The highest BCUT2D eigenvalue weighted by atomic mass is 16.7. The van der Waals surface area contributed by atoms with E-state index in [-0.39, 0.29) is 25.7 Å². The Kier molecular flexibility index (Phi) is 5.33. The number of fused-ring (bicyclic) bond motifs is 1. The van der Waals surface area contributed by atoms with Gasteiger partial charge >= 0.3 is 5.97 Å². The van der Waals surface area contributed by atoms with E-state index in [1.165, 1.54) is 43.0 Å². The van der Waals surface area contributed by atoms with Gasteiger partial charge < -0.3 is 19.1 Å². The van der Waals surface area contributed by atoms with Crippen LogP contribution >= 0.6 is 0 Å². The fourth-order valence-corrected chi connectivity index (χ4v) is 3.64. The second-order valence-electron chi connectivity index (χ2n) is 7.21. The normalized spacial score (nSPS) is 17.1. The van der Waals surface area contributed by atoms with Crippen molar-refractivity contribution in [2.24, 2.45) is 0 Å². The smallest absolute Gasteiger partial charge is 0.308 e. The molecule has 1 unspecified atom stereocenters. The maximum absolute atomic E-state index is 13.1. The van der Waals surface area contributed by atoms with Crippen LogP contribution in [0.25, 0.3) is 0 Å². The fourth-order valence-electron chi connectivity index (χ4n) is 3.64. The molecule has 1 saturated heterocycles. The Bertz CT molecular complexity index is 1060. The van der Waals surface area contributed by atoms with Gasteiger partial charge in [0.25, 0.3) is 5.91 Å². The third kappa shape index (κ3) is 4.07. The molecule has 2 aliphatic heterocycles. The van der Waals surface area contributed by atoms with E-state index < -0.39 is 23.8 Å². The molecule has 1 fully saturated rings. The predicted octanol–water partition coefficient (Wildman–Crippen LogP) is 2.02. The molecule has 160 valence electrons. The van der Waals surface area contributed by atoms with Gasteiger partial charge in [-0.2, -0.15) is 0 Å². The lowest BCUT2D eigenvalue weighted by Gasteiger charge is -2.26. The summed E-state index contributed by atoms with van der Waals surface area (Å²) in [5, 5.41) is 0. The second-order valence-corrected chi connectivity index (χ2v) is 7.21. The average molecular weight is 424 g/mol. The Morgan fingerprint density at radius 3 is 2.45 bits per heavy atom. The number of ether oxygens (including phenoxy) is 3. The van der Waals surface area contributed by atoms with Gasteiger partial charge in [0, 0.05) is 20.4 Å². The zero-order valence-electron chi connectivity index (χ0n) is 17.0. The summed E-state index contributed by atoms with van der Waals surface area (Å²) in [7, 11) is 0. The van der Waals surface area contributed by atoms with Crippen molar-refractivity contribution in [1.29, 1.82) is 0 Å². The highest BCUT2D eigenvalue weighted by Gasteiger charge is 2.43. The third-order valence-electron chi connectivity index (χ3n) is 5.05. The summed E-state index contributed by atoms with van der Waals surface area (Å²) in [5.74, 6) is -0.191. The standard InChI is InChI=1S/C22H20N2O7/c1-13(25)23(11-15-3-8-19-20(9-15)30-12-29-19)18-10-21(27)24(22(18)28)16-4-6-17(7-5-16)31-14(2)26/h3-9,18H,10-12H2,1-2H3. The summed E-state index contributed by atoms with van der Waals surface area (Å²) < 4.78 is 15.6. The summed E-state index contributed by atoms with van der Waals surface area (Å²) >= 11 is 0. The largest absolute Gasteiger partial charge is 0.454 e. The Balaban J connectivity index is 1.54. The van der Waals surface area contributed by atoms with E-state index in [9.17, 15) is 19.2 Å². The number of anilines is 1. The number of hydrogen-bond donors (Lipinski definition) is 0. The monoisotopic (exact) mass is 424 g/mol. The molecule has 9 heteroatoms. The van der Waals surface area contributed by atoms with Crippen LogP contribution in [0, 0.1) is 0 Å². The van der Waals surface area contributed by atoms with Crippen LogP contribution < -0.4 is 19.1 Å². The van der Waals surface area contributed by atoms with Crippen molar-refractivity contribution < 1.29 is 33.4 Å². The number of imide groups is 1. The summed E-state index contributed by atoms with van der Waals surface area (Å²) in [6.45, 7) is 2.93. The van der Waals surface area contributed by atoms with Crippen molar-refractivity contribution in [3.05, 3.63) is 48.0 Å². The van der Waals surface area contributed by atoms with Crippen molar-refractivity contribution in [2.45, 2.75) is 32.9 Å². The summed E-state index contributed by atoms with van der Waals surface area (Å²) in [6.07, 6.45) is -0.116. The topological polar surface area (TPSA) is 102 Å². The molecule has 2 aliphatic rings. The molecule has 1 atom stereocenters. The predicted molar refractivity (Wildman–Crippen MR) is 107 cm³/mol. The average Bonchev–Trinajstić information content (AvgIpc) is 3.30. The van der Waals surface area contributed by atoms with Crippen LogP contribution in [0.4, 0.5) is 5.69 Å². The van der Waals surface area contributed by atoms with Crippen LogP contribution in [-0.4, -0.2) is 41.4 Å². The zero-order chi connectivity index (χ0) is 22.1. The van der Waals surface area contributed by atoms with Gasteiger partial charge in [0.05, 0.1) is 12.1 Å². The van der Waals surface area contributed by atoms with Gasteiger partial charge in [-0.15, -0.1) is 0 Å². The molecule has 0 N–H and O–H groups in total. The molecule has 0 aliphatic carbocycles. The summed E-state index contributed by atoms with van der Waals surface area (Å²) in [4.78, 5) is 51.6. The summed E-state index contributed by atoms with van der Waals surface area (Å²) in [5.41, 5.74) is 1.10. The highest BCUT2D eigenvalue weighted by molar-refractivity contribution is 6.23. The lowest BCUT2D eigenvalue weighted by atomic mass is 10.1. The van der Waals surface area contributed by atoms with Gasteiger partial charge in [-0.1, -0.05) is 6.07 Å². The number of carbonyl (C=O) groups excluding carboxylic acids is 4. The molecule has 0 saturated carbocycles. The van der Waals surface area contributed by atoms with Crippen molar-refractivity contribution in [3.63, 3.8) is 0 Å². The Labute approximate surface area is 178 Å². The fraction of sp³-hybridized carbons (Fsp3) is 0.273. The first-order valence-electron chi connectivity index (χ1n) is 9.64. The minimum absolute atomic E-state index is 0.116. The quantitative estimate of drug-likeness (QED) is 0.411. The van der Waals surface area contributed by atoms with E-state index >= 15 is 0 Å². The number of hydrogen-bond acceptors (Lipinski definition) is 7. The van der Waals surface area contributed by atoms with Gasteiger partial charge in [-0.05, 0) is 42.0 Å². The zero-order valence-corrected chi connectivity index (χ0v) is 17.0. The van der Waals surface area contributed by atoms with E-state index in [2.05, 4.69) is 0 Å². The van der Waals surface area contributed by atoms with Gasteiger partial charge in [-0.3, -0.25) is 19.2 Å². The summed E-state index contributed by atoms with van der Waals surface area (Å²) in [6, 6.07) is 10.4. The third-order valence-corrected chi connectivity index (χ3v) is 5.05. The molecule has 0 aromatic heterocycles. The van der Waals surface area contributed by atoms with Crippen molar-refractivity contribution >= 4 is 29.4 Å². The first-order valence-corrected chi connectivity index (χ1v) is 9.64. The van der Waals surface area contributed by atoms with Crippen molar-refractivity contribution in [3.8, 4) is 17.2 Å². The molecule has 3 amide bonds. The van der Waals surface area contributed by atoms with Crippen LogP contribution in [0.1, 0.15) is 25.8 Å². The van der Waals surface area contributed by atoms with Crippen LogP contribution in [0.2, 0.25) is 0 Å². The van der Waals surface area contributed by atoms with Crippen LogP contribution in [0.15, 0.2) is 42.5 Å². The maximum atomic E-state index is 13.1. The number of rotatable bonds is 5. The number of esters is 1. The Morgan fingerprint density at radius 1 is 1.06 bits per heavy atom. The molecule has 0 spiro atoms. The molecule has 0 radical (unpaired) electrons.